The third-order valence-corrected chi connectivity index (χ3v) is 4.81. The van der Waals surface area contributed by atoms with E-state index >= 15 is 0 Å². The molecule has 138 valence electrons. The summed E-state index contributed by atoms with van der Waals surface area (Å²) in [6.45, 7) is 8.00. The molecule has 0 aromatic heterocycles. The van der Waals surface area contributed by atoms with Gasteiger partial charge in [-0.15, -0.1) is 0 Å². The first-order valence-corrected chi connectivity index (χ1v) is 7.93. The first kappa shape index (κ1) is 19.2. The molecule has 0 aliphatic carbocycles. The van der Waals surface area contributed by atoms with E-state index < -0.39 is 15.8 Å². The van der Waals surface area contributed by atoms with Crippen LogP contribution in [0.5, 0.6) is 11.5 Å². The van der Waals surface area contributed by atoms with Gasteiger partial charge in [-0.2, -0.15) is 0 Å². The molecule has 0 fully saturated rings. The molecule has 0 bridgehead atoms. The molecule has 0 atom stereocenters. The van der Waals surface area contributed by atoms with Gasteiger partial charge in [0.15, 0.2) is 11.5 Å². The topological polar surface area (TPSA) is 127 Å². The molecule has 0 unspecified atom stereocenters. The van der Waals surface area contributed by atoms with Crippen LogP contribution in [-0.4, -0.2) is 20.1 Å². The Labute approximate surface area is 150 Å². The van der Waals surface area contributed by atoms with Crippen molar-refractivity contribution in [1.29, 1.82) is 0 Å². The Hall–Kier alpha value is -3.16. The van der Waals surface area contributed by atoms with Gasteiger partial charge in [0.1, 0.15) is 0 Å². The second-order valence-corrected chi connectivity index (χ2v) is 6.45. The minimum Gasteiger partial charge on any atom is -0.502 e. The predicted molar refractivity (Wildman–Crippen MR) is 96.0 cm³/mol. The van der Waals surface area contributed by atoms with Gasteiger partial charge in [-0.3, -0.25) is 20.2 Å². The van der Waals surface area contributed by atoms with Crippen LogP contribution < -0.4 is 0 Å². The molecule has 2 N–H and O–H groups in total. The fourth-order valence-electron chi connectivity index (χ4n) is 3.34. The minimum atomic E-state index is -0.634. The highest BCUT2D eigenvalue weighted by atomic mass is 16.6. The summed E-state index contributed by atoms with van der Waals surface area (Å²) >= 11 is 0. The summed E-state index contributed by atoms with van der Waals surface area (Å²) in [5.74, 6) is -1.17. The van der Waals surface area contributed by atoms with Crippen LogP contribution in [0.4, 0.5) is 11.4 Å². The molecule has 0 spiro atoms. The van der Waals surface area contributed by atoms with E-state index in [9.17, 15) is 30.4 Å². The quantitative estimate of drug-likeness (QED) is 0.618. The zero-order valence-corrected chi connectivity index (χ0v) is 15.2. The molecule has 26 heavy (non-hydrogen) atoms. The fourth-order valence-corrected chi connectivity index (χ4v) is 3.34. The SMILES string of the molecule is Cc1cc(C(C)c2cc(C)c(O)c([N+](=O)[O-])c2C)c(C)c([N+](=O)[O-])c1O. The Morgan fingerprint density at radius 2 is 1.12 bits per heavy atom. The van der Waals surface area contributed by atoms with Gasteiger partial charge in [-0.1, -0.05) is 19.1 Å². The normalized spacial score (nSPS) is 11.0. The summed E-state index contributed by atoms with van der Waals surface area (Å²) in [4.78, 5) is 21.4. The molecule has 0 aliphatic heterocycles. The maximum absolute atomic E-state index is 11.3. The molecule has 2 aromatic rings. The van der Waals surface area contributed by atoms with E-state index in [0.717, 1.165) is 0 Å². The number of nitro benzene ring substituents is 2. The van der Waals surface area contributed by atoms with Crippen LogP contribution in [0.15, 0.2) is 12.1 Å². The summed E-state index contributed by atoms with van der Waals surface area (Å²) in [6.07, 6.45) is 0. The zero-order valence-electron chi connectivity index (χ0n) is 15.2. The van der Waals surface area contributed by atoms with E-state index in [0.29, 0.717) is 33.4 Å². The molecule has 8 heteroatoms. The smallest absolute Gasteiger partial charge is 0.314 e. The first-order valence-electron chi connectivity index (χ1n) is 7.93. The van der Waals surface area contributed by atoms with Crippen molar-refractivity contribution in [3.05, 3.63) is 65.7 Å². The Morgan fingerprint density at radius 1 is 0.808 bits per heavy atom. The molecular weight excluding hydrogens is 340 g/mol. The average Bonchev–Trinajstić information content (AvgIpc) is 2.53. The van der Waals surface area contributed by atoms with Crippen LogP contribution >= 0.6 is 0 Å². The van der Waals surface area contributed by atoms with Gasteiger partial charge >= 0.3 is 11.4 Å². The molecule has 0 saturated carbocycles. The second kappa shape index (κ2) is 6.62. The van der Waals surface area contributed by atoms with Gasteiger partial charge in [-0.05, 0) is 49.9 Å². The summed E-state index contributed by atoms with van der Waals surface area (Å²) < 4.78 is 0. The third kappa shape index (κ3) is 2.94. The average molecular weight is 360 g/mol. The number of aromatic hydroxyl groups is 2. The van der Waals surface area contributed by atoms with Crippen LogP contribution in [0, 0.1) is 47.9 Å². The predicted octanol–water partition coefficient (Wildman–Crippen LogP) is 4.30. The highest BCUT2D eigenvalue weighted by Crippen LogP contribution is 2.43. The van der Waals surface area contributed by atoms with Crippen molar-refractivity contribution in [2.75, 3.05) is 0 Å². The molecule has 2 aromatic carbocycles. The molecule has 0 heterocycles. The van der Waals surface area contributed by atoms with Crippen molar-refractivity contribution in [1.82, 2.24) is 0 Å². The van der Waals surface area contributed by atoms with Gasteiger partial charge in [0.05, 0.1) is 9.85 Å². The highest BCUT2D eigenvalue weighted by molar-refractivity contribution is 5.64. The summed E-state index contributed by atoms with van der Waals surface area (Å²) in [7, 11) is 0. The van der Waals surface area contributed by atoms with E-state index in [4.69, 9.17) is 0 Å². The first-order chi connectivity index (χ1) is 12.0. The number of rotatable bonds is 4. The Bertz CT molecular complexity index is 861. The Balaban J connectivity index is 2.78. The van der Waals surface area contributed by atoms with Crippen LogP contribution in [0.2, 0.25) is 0 Å². The molecule has 0 saturated heterocycles. The van der Waals surface area contributed by atoms with E-state index in [1.807, 2.05) is 0 Å². The van der Waals surface area contributed by atoms with Gasteiger partial charge in [-0.25, -0.2) is 0 Å². The zero-order chi connectivity index (χ0) is 19.9. The summed E-state index contributed by atoms with van der Waals surface area (Å²) in [5, 5.41) is 42.7. The third-order valence-electron chi connectivity index (χ3n) is 4.81. The van der Waals surface area contributed by atoms with Crippen LogP contribution in [-0.2, 0) is 0 Å². The lowest BCUT2D eigenvalue weighted by atomic mass is 9.84. The number of phenolic OH excluding ortho intramolecular Hbond substituents is 2. The monoisotopic (exact) mass is 360 g/mol. The van der Waals surface area contributed by atoms with E-state index in [2.05, 4.69) is 0 Å². The lowest BCUT2D eigenvalue weighted by Gasteiger charge is -2.20. The number of nitrogens with zero attached hydrogens (tertiary/aromatic N) is 2. The van der Waals surface area contributed by atoms with E-state index in [1.165, 1.54) is 0 Å². The van der Waals surface area contributed by atoms with Crippen molar-refractivity contribution in [3.8, 4) is 11.5 Å². The second-order valence-electron chi connectivity index (χ2n) is 6.45. The Kier molecular flexibility index (Phi) is 4.88. The van der Waals surface area contributed by atoms with Gasteiger partial charge in [0.25, 0.3) is 0 Å². The number of aryl methyl sites for hydroxylation is 2. The lowest BCUT2D eigenvalue weighted by molar-refractivity contribution is -0.386. The lowest BCUT2D eigenvalue weighted by Crippen LogP contribution is -2.07. The van der Waals surface area contributed by atoms with Crippen molar-refractivity contribution >= 4 is 11.4 Å². The molecule has 0 radical (unpaired) electrons. The molecule has 8 nitrogen and oxygen atoms in total. The van der Waals surface area contributed by atoms with Gasteiger partial charge in [0, 0.05) is 17.0 Å². The van der Waals surface area contributed by atoms with E-state index in [1.54, 1.807) is 46.8 Å². The minimum absolute atomic E-state index is 0.304. The molecule has 2 rings (SSSR count). The van der Waals surface area contributed by atoms with Gasteiger partial charge < -0.3 is 10.2 Å². The largest absolute Gasteiger partial charge is 0.502 e. The van der Waals surface area contributed by atoms with Crippen molar-refractivity contribution in [3.63, 3.8) is 0 Å². The number of hydrogen-bond donors (Lipinski definition) is 2. The maximum atomic E-state index is 11.3. The van der Waals surface area contributed by atoms with Crippen LogP contribution in [0.3, 0.4) is 0 Å². The summed E-state index contributed by atoms with van der Waals surface area (Å²) in [5.41, 5.74) is 1.77. The molecule has 0 amide bonds. The van der Waals surface area contributed by atoms with Crippen LogP contribution in [0.25, 0.3) is 0 Å². The standard InChI is InChI=1S/C18H20N2O6/c1-8-6-13(11(4)15(17(8)21)19(23)24)10(3)14-7-9(2)18(22)16(12(14)5)20(25)26/h6-7,10,21-22H,1-5H3. The fraction of sp³-hybridized carbons (Fsp3) is 0.333. The number of benzene rings is 2. The number of nitro groups is 2. The number of hydrogen-bond acceptors (Lipinski definition) is 6. The Morgan fingerprint density at radius 3 is 1.38 bits per heavy atom. The highest BCUT2D eigenvalue weighted by Gasteiger charge is 2.29. The summed E-state index contributed by atoms with van der Waals surface area (Å²) in [6, 6.07) is 3.30. The van der Waals surface area contributed by atoms with Crippen molar-refractivity contribution in [2.45, 2.75) is 40.5 Å². The molecule has 0 aliphatic rings. The molecular formula is C18H20N2O6. The maximum Gasteiger partial charge on any atom is 0.314 e. The number of phenols is 2. The van der Waals surface area contributed by atoms with Crippen molar-refractivity contribution in [2.24, 2.45) is 0 Å². The van der Waals surface area contributed by atoms with Crippen LogP contribution in [0.1, 0.15) is 46.2 Å². The van der Waals surface area contributed by atoms with E-state index in [-0.39, 0.29) is 22.9 Å². The van der Waals surface area contributed by atoms with Crippen molar-refractivity contribution < 1.29 is 20.1 Å². The van der Waals surface area contributed by atoms with Gasteiger partial charge in [0.2, 0.25) is 0 Å².